The maximum Gasteiger partial charge on any atom is 0.472 e. The number of phosphoric ester groups is 2. The van der Waals surface area contributed by atoms with E-state index in [1.807, 2.05) is 0 Å². The first-order valence-corrected chi connectivity index (χ1v) is 39.8. The minimum atomic E-state index is -4.95. The molecule has 17 nitrogen and oxygen atoms in total. The average molecular weight is 1330 g/mol. The summed E-state index contributed by atoms with van der Waals surface area (Å²) >= 11 is 0. The zero-order chi connectivity index (χ0) is 66.8. The third-order valence-corrected chi connectivity index (χ3v) is 18.9. The molecule has 0 aromatic rings. The Bertz CT molecular complexity index is 1790. The van der Waals surface area contributed by atoms with Gasteiger partial charge in [0.1, 0.15) is 19.3 Å². The van der Waals surface area contributed by atoms with Crippen LogP contribution in [-0.2, 0) is 65.4 Å². The molecular weight excluding hydrogens is 1190 g/mol. The van der Waals surface area contributed by atoms with E-state index in [0.717, 1.165) is 114 Å². The highest BCUT2D eigenvalue weighted by Gasteiger charge is 2.30. The lowest BCUT2D eigenvalue weighted by Gasteiger charge is -2.21. The fourth-order valence-corrected chi connectivity index (χ4v) is 12.2. The molecule has 0 fully saturated rings. The molecule has 0 rings (SSSR count). The molecule has 0 saturated heterocycles. The Hall–Kier alpha value is -1.94. The van der Waals surface area contributed by atoms with Crippen molar-refractivity contribution < 1.29 is 80.2 Å². The molecule has 90 heavy (non-hydrogen) atoms. The number of phosphoric acid groups is 2. The Labute approximate surface area is 549 Å². The van der Waals surface area contributed by atoms with Gasteiger partial charge < -0.3 is 33.8 Å². The van der Waals surface area contributed by atoms with E-state index >= 15 is 0 Å². The molecule has 4 unspecified atom stereocenters. The van der Waals surface area contributed by atoms with Gasteiger partial charge in [-0.2, -0.15) is 0 Å². The highest BCUT2D eigenvalue weighted by Crippen LogP contribution is 2.45. The maximum atomic E-state index is 13.0. The Morgan fingerprint density at radius 2 is 0.533 bits per heavy atom. The molecule has 534 valence electrons. The number of ether oxygens (including phenoxy) is 4. The highest BCUT2D eigenvalue weighted by atomic mass is 31.2. The van der Waals surface area contributed by atoms with Gasteiger partial charge in [-0.15, -0.1) is 0 Å². The molecule has 0 amide bonds. The summed E-state index contributed by atoms with van der Waals surface area (Å²) in [5.41, 5.74) is 0. The SMILES string of the molecule is CCC(C)CCCCCCCCCCCCC(=O)O[C@H](COC(=O)CCCCCCCCC(C)C)COP(=O)(O)OC[C@H](O)COP(=O)(O)OC[C@@H](COC(=O)CCCCCCCCCCCCCCC(C)C)OC(=O)CCCCCCCCCCC(C)CC. The molecule has 0 aromatic heterocycles. The smallest absolute Gasteiger partial charge is 0.462 e. The summed E-state index contributed by atoms with van der Waals surface area (Å²) in [7, 11) is -9.90. The van der Waals surface area contributed by atoms with Crippen molar-refractivity contribution in [3.63, 3.8) is 0 Å². The first kappa shape index (κ1) is 88.1. The van der Waals surface area contributed by atoms with E-state index < -0.39 is 97.5 Å². The summed E-state index contributed by atoms with van der Waals surface area (Å²) in [5, 5.41) is 10.6. The number of hydrogen-bond acceptors (Lipinski definition) is 15. The number of carbonyl (C=O) groups is 4. The summed E-state index contributed by atoms with van der Waals surface area (Å²) in [6.45, 7) is 14.1. The van der Waals surface area contributed by atoms with Crippen LogP contribution in [0.5, 0.6) is 0 Å². The van der Waals surface area contributed by atoms with Crippen LogP contribution in [0.4, 0.5) is 0 Å². The second-order valence-electron chi connectivity index (χ2n) is 27.1. The molecule has 0 aromatic carbocycles. The lowest BCUT2D eigenvalue weighted by molar-refractivity contribution is -0.161. The summed E-state index contributed by atoms with van der Waals surface area (Å²) in [4.78, 5) is 72.6. The number of rotatable bonds is 68. The van der Waals surface area contributed by atoms with Crippen molar-refractivity contribution in [2.24, 2.45) is 23.7 Å². The molecule has 0 radical (unpaired) electrons. The van der Waals surface area contributed by atoms with E-state index in [2.05, 4.69) is 55.4 Å². The van der Waals surface area contributed by atoms with Gasteiger partial charge in [0, 0.05) is 25.7 Å². The van der Waals surface area contributed by atoms with Gasteiger partial charge in [0.25, 0.3) is 0 Å². The molecule has 19 heteroatoms. The lowest BCUT2D eigenvalue weighted by Crippen LogP contribution is -2.30. The number of esters is 4. The number of carbonyl (C=O) groups excluding carboxylic acids is 4. The first-order chi connectivity index (χ1) is 43.2. The van der Waals surface area contributed by atoms with Crippen molar-refractivity contribution in [2.75, 3.05) is 39.6 Å². The van der Waals surface area contributed by atoms with Crippen molar-refractivity contribution in [3.8, 4) is 0 Å². The van der Waals surface area contributed by atoms with Crippen LogP contribution < -0.4 is 0 Å². The monoisotopic (exact) mass is 1320 g/mol. The van der Waals surface area contributed by atoms with E-state index in [1.165, 1.54) is 148 Å². The number of hydrogen-bond donors (Lipinski definition) is 3. The molecule has 0 aliphatic rings. The molecular formula is C71H138O17P2. The minimum absolute atomic E-state index is 0.104. The fraction of sp³-hybridized carbons (Fsp3) is 0.944. The number of aliphatic hydroxyl groups is 1. The highest BCUT2D eigenvalue weighted by molar-refractivity contribution is 7.47. The molecule has 0 aliphatic carbocycles. The topological polar surface area (TPSA) is 237 Å². The standard InChI is InChI=1S/C71H138O17P2/c1-9-63(7)49-41-33-24-18-15-16-20-27-37-45-53-70(75)87-67(58-82-69(74)52-44-36-30-29-32-40-48-62(5)6)60-86-90(79,80)84-56-65(72)55-83-89(77,78)85-59-66(88-71(76)54-46-38-28-22-21-25-34-42-50-64(8)10-2)57-81-68(73)51-43-35-26-19-14-12-11-13-17-23-31-39-47-61(3)4/h61-67,72H,9-60H2,1-8H3,(H,77,78)(H,79,80)/t63?,64?,65-,66-,67-/m1/s1. The summed E-state index contributed by atoms with van der Waals surface area (Å²) in [5.74, 6) is 0.903. The van der Waals surface area contributed by atoms with E-state index in [4.69, 9.17) is 37.0 Å². The van der Waals surface area contributed by atoms with Crippen LogP contribution in [0.25, 0.3) is 0 Å². The van der Waals surface area contributed by atoms with Gasteiger partial charge in [-0.05, 0) is 49.4 Å². The molecule has 0 aliphatic heterocycles. The molecule has 0 bridgehead atoms. The number of aliphatic hydroxyl groups excluding tert-OH is 1. The van der Waals surface area contributed by atoms with Crippen LogP contribution in [0.2, 0.25) is 0 Å². The van der Waals surface area contributed by atoms with Gasteiger partial charge in [-0.3, -0.25) is 37.3 Å². The second-order valence-corrected chi connectivity index (χ2v) is 30.0. The Morgan fingerprint density at radius 1 is 0.311 bits per heavy atom. The second kappa shape index (κ2) is 60.7. The van der Waals surface area contributed by atoms with Crippen LogP contribution in [-0.4, -0.2) is 96.7 Å². The zero-order valence-corrected chi connectivity index (χ0v) is 60.6. The minimum Gasteiger partial charge on any atom is -0.462 e. The zero-order valence-electron chi connectivity index (χ0n) is 58.8. The largest absolute Gasteiger partial charge is 0.472 e. The third kappa shape index (κ3) is 62.2. The quantitative estimate of drug-likeness (QED) is 0.0222. The van der Waals surface area contributed by atoms with Gasteiger partial charge >= 0.3 is 39.5 Å². The molecule has 0 spiro atoms. The van der Waals surface area contributed by atoms with Crippen molar-refractivity contribution >= 4 is 39.5 Å². The first-order valence-electron chi connectivity index (χ1n) is 36.8. The van der Waals surface area contributed by atoms with Gasteiger partial charge in [0.05, 0.1) is 26.4 Å². The summed E-state index contributed by atoms with van der Waals surface area (Å²) < 4.78 is 68.3. The van der Waals surface area contributed by atoms with Crippen LogP contribution in [0.3, 0.4) is 0 Å². The molecule has 3 N–H and O–H groups in total. The van der Waals surface area contributed by atoms with E-state index in [1.54, 1.807) is 0 Å². The van der Waals surface area contributed by atoms with Crippen LogP contribution in [0.15, 0.2) is 0 Å². The van der Waals surface area contributed by atoms with Gasteiger partial charge in [-0.1, -0.05) is 299 Å². The van der Waals surface area contributed by atoms with Gasteiger partial charge in [-0.25, -0.2) is 9.13 Å². The predicted molar refractivity (Wildman–Crippen MR) is 363 cm³/mol. The average Bonchev–Trinajstić information content (AvgIpc) is 2.80. The van der Waals surface area contributed by atoms with Crippen LogP contribution >= 0.6 is 15.6 Å². The van der Waals surface area contributed by atoms with Gasteiger partial charge in [0.2, 0.25) is 0 Å². The fourth-order valence-electron chi connectivity index (χ4n) is 10.6. The molecule has 7 atom stereocenters. The van der Waals surface area contributed by atoms with Crippen molar-refractivity contribution in [1.82, 2.24) is 0 Å². The number of unbranched alkanes of at least 4 members (excludes halogenated alkanes) is 32. The predicted octanol–water partition coefficient (Wildman–Crippen LogP) is 20.1. The normalized spacial score (nSPS) is 14.9. The Kier molecular flexibility index (Phi) is 59.4. The molecule has 0 saturated carbocycles. The molecule has 0 heterocycles. The summed E-state index contributed by atoms with van der Waals surface area (Å²) in [6.07, 6.45) is 43.0. The Morgan fingerprint density at radius 3 is 0.789 bits per heavy atom. The van der Waals surface area contributed by atoms with Crippen LogP contribution in [0.1, 0.15) is 351 Å². The van der Waals surface area contributed by atoms with E-state index in [0.29, 0.717) is 31.6 Å². The lowest BCUT2D eigenvalue weighted by atomic mass is 9.99. The van der Waals surface area contributed by atoms with Crippen molar-refractivity contribution in [1.29, 1.82) is 0 Å². The van der Waals surface area contributed by atoms with Crippen LogP contribution in [0, 0.1) is 23.7 Å². The van der Waals surface area contributed by atoms with Crippen molar-refractivity contribution in [3.05, 3.63) is 0 Å². The summed E-state index contributed by atoms with van der Waals surface area (Å²) in [6, 6.07) is 0. The van der Waals surface area contributed by atoms with E-state index in [9.17, 15) is 43.2 Å². The third-order valence-electron chi connectivity index (χ3n) is 17.0. The van der Waals surface area contributed by atoms with Gasteiger partial charge in [0.15, 0.2) is 12.2 Å². The van der Waals surface area contributed by atoms with Crippen molar-refractivity contribution in [2.45, 2.75) is 369 Å². The maximum absolute atomic E-state index is 13.0. The van der Waals surface area contributed by atoms with E-state index in [-0.39, 0.29) is 25.7 Å². The Balaban J connectivity index is 5.25.